The first-order valence-electron chi connectivity index (χ1n) is 9.74. The molecule has 0 saturated carbocycles. The van der Waals surface area contributed by atoms with Gasteiger partial charge in [0.25, 0.3) is 5.92 Å². The number of nitrogens with zero attached hydrogens (tertiary/aromatic N) is 2. The van der Waals surface area contributed by atoms with E-state index in [9.17, 15) is 18.4 Å². The summed E-state index contributed by atoms with van der Waals surface area (Å²) in [5.41, 5.74) is -1.21. The van der Waals surface area contributed by atoms with Crippen molar-refractivity contribution in [2.75, 3.05) is 33.4 Å². The van der Waals surface area contributed by atoms with Crippen LogP contribution in [-0.2, 0) is 14.3 Å². The van der Waals surface area contributed by atoms with Gasteiger partial charge in [-0.2, -0.15) is 0 Å². The van der Waals surface area contributed by atoms with Gasteiger partial charge >= 0.3 is 0 Å². The minimum atomic E-state index is -2.78. The van der Waals surface area contributed by atoms with Crippen LogP contribution in [0.25, 0.3) is 0 Å². The van der Waals surface area contributed by atoms with Crippen LogP contribution in [0.2, 0.25) is 0 Å². The first-order chi connectivity index (χ1) is 12.3. The molecule has 2 heterocycles. The zero-order chi connectivity index (χ0) is 20.6. The lowest BCUT2D eigenvalue weighted by molar-refractivity contribution is -0.141. The molecule has 0 bridgehead atoms. The van der Waals surface area contributed by atoms with E-state index in [4.69, 9.17) is 4.74 Å². The summed E-state index contributed by atoms with van der Waals surface area (Å²) in [5, 5.41) is 0. The van der Waals surface area contributed by atoms with Gasteiger partial charge in [-0.1, -0.05) is 34.6 Å². The summed E-state index contributed by atoms with van der Waals surface area (Å²) < 4.78 is 32.3. The Morgan fingerprint density at radius 1 is 1.15 bits per heavy atom. The Balaban J connectivity index is 2.05. The van der Waals surface area contributed by atoms with Gasteiger partial charge in [-0.3, -0.25) is 9.59 Å². The van der Waals surface area contributed by atoms with Crippen LogP contribution in [0, 0.1) is 16.7 Å². The van der Waals surface area contributed by atoms with Crippen molar-refractivity contribution in [3.63, 3.8) is 0 Å². The van der Waals surface area contributed by atoms with Gasteiger partial charge < -0.3 is 14.5 Å². The Labute approximate surface area is 161 Å². The summed E-state index contributed by atoms with van der Waals surface area (Å²) in [6.07, 6.45) is 1.08. The predicted octanol–water partition coefficient (Wildman–Crippen LogP) is 3.18. The molecule has 2 fully saturated rings. The molecule has 2 rings (SSSR count). The zero-order valence-electron chi connectivity index (χ0n) is 17.5. The molecule has 1 unspecified atom stereocenters. The second kappa shape index (κ2) is 7.64. The molecule has 0 aromatic rings. The van der Waals surface area contributed by atoms with E-state index in [0.29, 0.717) is 19.6 Å². The first kappa shape index (κ1) is 22.1. The van der Waals surface area contributed by atoms with Gasteiger partial charge in [0.15, 0.2) is 0 Å². The fourth-order valence-corrected chi connectivity index (χ4v) is 4.34. The van der Waals surface area contributed by atoms with Crippen molar-refractivity contribution in [1.29, 1.82) is 0 Å². The van der Waals surface area contributed by atoms with Gasteiger partial charge in [0.2, 0.25) is 11.8 Å². The van der Waals surface area contributed by atoms with E-state index >= 15 is 0 Å². The number of halogens is 2. The third-order valence-electron chi connectivity index (χ3n) is 5.60. The molecule has 0 aromatic carbocycles. The quantitative estimate of drug-likeness (QED) is 0.727. The van der Waals surface area contributed by atoms with E-state index in [-0.39, 0.29) is 36.7 Å². The van der Waals surface area contributed by atoms with Crippen LogP contribution in [0.4, 0.5) is 8.78 Å². The number of likely N-dealkylation sites (tertiary alicyclic amines) is 2. The van der Waals surface area contributed by atoms with Crippen molar-refractivity contribution in [2.24, 2.45) is 16.7 Å². The van der Waals surface area contributed by atoms with Crippen molar-refractivity contribution in [1.82, 2.24) is 9.80 Å². The molecule has 0 spiro atoms. The molecule has 2 aliphatic rings. The molecular weight excluding hydrogens is 354 g/mol. The molecule has 156 valence electrons. The lowest BCUT2D eigenvalue weighted by Crippen LogP contribution is -2.44. The largest absolute Gasteiger partial charge is 0.383 e. The van der Waals surface area contributed by atoms with Crippen molar-refractivity contribution in [2.45, 2.75) is 65.8 Å². The fourth-order valence-electron chi connectivity index (χ4n) is 4.34. The summed E-state index contributed by atoms with van der Waals surface area (Å²) in [7, 11) is 1.62. The number of carbonyl (C=O) groups is 2. The van der Waals surface area contributed by atoms with E-state index in [1.54, 1.807) is 7.11 Å². The van der Waals surface area contributed by atoms with E-state index < -0.39 is 23.3 Å². The second-order valence-corrected chi connectivity index (χ2v) is 9.84. The Morgan fingerprint density at radius 2 is 1.78 bits per heavy atom. The summed E-state index contributed by atoms with van der Waals surface area (Å²) in [4.78, 5) is 28.8. The average molecular weight is 388 g/mol. The molecule has 0 radical (unpaired) electrons. The summed E-state index contributed by atoms with van der Waals surface area (Å²) >= 11 is 0. The van der Waals surface area contributed by atoms with Crippen LogP contribution in [0.1, 0.15) is 53.9 Å². The number of carbonyl (C=O) groups excluding carboxylic acids is 2. The molecule has 2 atom stereocenters. The van der Waals surface area contributed by atoms with Crippen LogP contribution in [0.5, 0.6) is 0 Å². The summed E-state index contributed by atoms with van der Waals surface area (Å²) in [6.45, 7) is 10.0. The van der Waals surface area contributed by atoms with Gasteiger partial charge in [0.1, 0.15) is 0 Å². The van der Waals surface area contributed by atoms with E-state index in [2.05, 4.69) is 0 Å². The monoisotopic (exact) mass is 388 g/mol. The van der Waals surface area contributed by atoms with E-state index in [1.165, 1.54) is 4.90 Å². The molecule has 2 saturated heterocycles. The number of alkyl halides is 2. The molecule has 5 nitrogen and oxygen atoms in total. The molecular formula is C20H34F2N2O3. The smallest absolute Gasteiger partial charge is 0.267 e. The molecule has 2 aliphatic heterocycles. The maximum Gasteiger partial charge on any atom is 0.267 e. The number of rotatable bonds is 5. The number of ether oxygens (including phenoxy) is 1. The summed E-state index contributed by atoms with van der Waals surface area (Å²) in [6, 6.07) is -0.00579. The zero-order valence-corrected chi connectivity index (χ0v) is 17.5. The molecule has 27 heavy (non-hydrogen) atoms. The fraction of sp³-hybridized carbons (Fsp3) is 0.900. The SMILES string of the molecule is COC[C@@H]1CC(CC(C)(C)C(=O)N2CCC(F)(F)C2)CN1C(=O)C(C)(C)C. The lowest BCUT2D eigenvalue weighted by atomic mass is 9.80. The second-order valence-electron chi connectivity index (χ2n) is 9.84. The third kappa shape index (κ3) is 5.18. The van der Waals surface area contributed by atoms with Gasteiger partial charge in [0, 0.05) is 37.5 Å². The van der Waals surface area contributed by atoms with Crippen LogP contribution >= 0.6 is 0 Å². The lowest BCUT2D eigenvalue weighted by Gasteiger charge is -2.32. The van der Waals surface area contributed by atoms with Crippen molar-refractivity contribution in [3.05, 3.63) is 0 Å². The maximum absolute atomic E-state index is 13.5. The average Bonchev–Trinajstić information content (AvgIpc) is 3.07. The predicted molar refractivity (Wildman–Crippen MR) is 99.5 cm³/mol. The Hall–Kier alpha value is -1.24. The Kier molecular flexibility index (Phi) is 6.24. The van der Waals surface area contributed by atoms with Crippen LogP contribution < -0.4 is 0 Å². The maximum atomic E-state index is 13.5. The first-order valence-corrected chi connectivity index (χ1v) is 9.74. The minimum Gasteiger partial charge on any atom is -0.383 e. The van der Waals surface area contributed by atoms with Gasteiger partial charge in [-0.15, -0.1) is 0 Å². The third-order valence-corrected chi connectivity index (χ3v) is 5.60. The van der Waals surface area contributed by atoms with Gasteiger partial charge in [-0.25, -0.2) is 8.78 Å². The Morgan fingerprint density at radius 3 is 2.26 bits per heavy atom. The standard InChI is InChI=1S/C20H34F2N2O3/c1-18(2,3)16(25)24-11-14(9-15(24)12-27-6)10-19(4,5)17(26)23-8-7-20(21,22)13-23/h14-15H,7-13H2,1-6H3/t14?,15-/m0/s1. The molecule has 2 amide bonds. The van der Waals surface area contributed by atoms with Crippen molar-refractivity contribution >= 4 is 11.8 Å². The highest BCUT2D eigenvalue weighted by molar-refractivity contribution is 5.83. The summed E-state index contributed by atoms with van der Waals surface area (Å²) in [5.74, 6) is -2.77. The number of hydrogen-bond acceptors (Lipinski definition) is 3. The molecule has 0 N–H and O–H groups in total. The molecule has 0 aliphatic carbocycles. The van der Waals surface area contributed by atoms with E-state index in [0.717, 1.165) is 6.42 Å². The van der Waals surface area contributed by atoms with Crippen molar-refractivity contribution < 1.29 is 23.1 Å². The minimum absolute atomic E-state index is 0.00579. The van der Waals surface area contributed by atoms with Crippen LogP contribution in [-0.4, -0.2) is 66.9 Å². The Bertz CT molecular complexity index is 572. The van der Waals surface area contributed by atoms with Crippen LogP contribution in [0.3, 0.4) is 0 Å². The molecule has 7 heteroatoms. The highest BCUT2D eigenvalue weighted by atomic mass is 19.3. The van der Waals surface area contributed by atoms with Crippen molar-refractivity contribution in [3.8, 4) is 0 Å². The molecule has 0 aromatic heterocycles. The van der Waals surface area contributed by atoms with Gasteiger partial charge in [-0.05, 0) is 18.8 Å². The number of amides is 2. The normalized spacial score (nSPS) is 25.9. The van der Waals surface area contributed by atoms with E-state index in [1.807, 2.05) is 39.5 Å². The number of hydrogen-bond donors (Lipinski definition) is 0. The number of methoxy groups -OCH3 is 1. The topological polar surface area (TPSA) is 49.9 Å². The highest BCUT2D eigenvalue weighted by Crippen LogP contribution is 2.38. The van der Waals surface area contributed by atoms with Gasteiger partial charge in [0.05, 0.1) is 19.2 Å². The van der Waals surface area contributed by atoms with Crippen LogP contribution in [0.15, 0.2) is 0 Å². The highest BCUT2D eigenvalue weighted by Gasteiger charge is 2.46.